The van der Waals surface area contributed by atoms with Crippen LogP contribution < -0.4 is 19.5 Å². The van der Waals surface area contributed by atoms with Gasteiger partial charge in [0.2, 0.25) is 0 Å². The van der Waals surface area contributed by atoms with Gasteiger partial charge in [0.15, 0.2) is 16.6 Å². The number of hydrogen-bond acceptors (Lipinski definition) is 7. The number of nitrogens with zero attached hydrogens (tertiary/aromatic N) is 2. The van der Waals surface area contributed by atoms with E-state index in [9.17, 15) is 10.1 Å². The number of amides is 1. The summed E-state index contributed by atoms with van der Waals surface area (Å²) in [7, 11) is 1.59. The first kappa shape index (κ1) is 24.8. The molecule has 0 atom stereocenters. The van der Waals surface area contributed by atoms with Gasteiger partial charge in [-0.25, -0.2) is 4.98 Å². The predicted octanol–water partition coefficient (Wildman–Crippen LogP) is 5.54. The fraction of sp³-hybridized carbons (Fsp3) is 0.160. The summed E-state index contributed by atoms with van der Waals surface area (Å²) in [6.07, 6.45) is 5.59. The normalized spacial score (nSPS) is 10.8. The van der Waals surface area contributed by atoms with Gasteiger partial charge in [0, 0.05) is 11.6 Å². The van der Waals surface area contributed by atoms with Gasteiger partial charge in [-0.1, -0.05) is 29.8 Å². The van der Waals surface area contributed by atoms with Gasteiger partial charge < -0.3 is 14.2 Å². The van der Waals surface area contributed by atoms with E-state index < -0.39 is 5.91 Å². The predicted molar refractivity (Wildman–Crippen MR) is 134 cm³/mol. The molecule has 0 saturated carbocycles. The number of allylic oxidation sites excluding steroid dienone is 1. The highest BCUT2D eigenvalue weighted by Crippen LogP contribution is 2.29. The Labute approximate surface area is 206 Å². The molecule has 0 aliphatic rings. The summed E-state index contributed by atoms with van der Waals surface area (Å²) in [6.45, 7) is 4.28. The molecule has 0 radical (unpaired) electrons. The summed E-state index contributed by atoms with van der Waals surface area (Å²) in [5, 5.41) is 14.4. The molecule has 0 spiro atoms. The van der Waals surface area contributed by atoms with Crippen molar-refractivity contribution in [3.63, 3.8) is 0 Å². The van der Waals surface area contributed by atoms with Crippen LogP contribution in [0.2, 0.25) is 5.02 Å². The average Bonchev–Trinajstić information content (AvgIpc) is 3.35. The van der Waals surface area contributed by atoms with E-state index in [4.69, 9.17) is 25.8 Å². The van der Waals surface area contributed by atoms with Crippen molar-refractivity contribution in [1.29, 1.82) is 5.26 Å². The zero-order chi connectivity index (χ0) is 24.3. The van der Waals surface area contributed by atoms with E-state index >= 15 is 0 Å². The lowest BCUT2D eigenvalue weighted by molar-refractivity contribution is -0.112. The van der Waals surface area contributed by atoms with Crippen molar-refractivity contribution in [2.75, 3.05) is 25.6 Å². The molecule has 0 unspecified atom stereocenters. The highest BCUT2D eigenvalue weighted by molar-refractivity contribution is 7.13. The number of nitrogens with one attached hydrogen (secondary N) is 1. The molecule has 174 valence electrons. The Hall–Kier alpha value is -3.80. The first-order chi connectivity index (χ1) is 16.5. The van der Waals surface area contributed by atoms with Gasteiger partial charge in [0.1, 0.15) is 30.6 Å². The number of methoxy groups -OCH3 is 1. The van der Waals surface area contributed by atoms with Crippen molar-refractivity contribution in [3.8, 4) is 23.3 Å². The van der Waals surface area contributed by atoms with Crippen LogP contribution in [-0.2, 0) is 11.2 Å². The molecule has 0 saturated heterocycles. The third-order valence-corrected chi connectivity index (χ3v) is 5.48. The number of aromatic nitrogens is 1. The van der Waals surface area contributed by atoms with E-state index in [1.54, 1.807) is 36.9 Å². The summed E-state index contributed by atoms with van der Waals surface area (Å²) < 4.78 is 16.9. The molecule has 1 heterocycles. The minimum Gasteiger partial charge on any atom is -0.493 e. The second kappa shape index (κ2) is 12.4. The maximum absolute atomic E-state index is 12.3. The first-order valence-electron chi connectivity index (χ1n) is 10.2. The third-order valence-electron chi connectivity index (χ3n) is 4.49. The number of hydrogen-bond donors (Lipinski definition) is 1. The Morgan fingerprint density at radius 3 is 2.62 bits per heavy atom. The Morgan fingerprint density at radius 2 is 1.97 bits per heavy atom. The van der Waals surface area contributed by atoms with Gasteiger partial charge in [0.25, 0.3) is 5.91 Å². The van der Waals surface area contributed by atoms with Crippen LogP contribution in [0.4, 0.5) is 5.13 Å². The molecule has 1 N–H and O–H groups in total. The Bertz CT molecular complexity index is 1220. The minimum absolute atomic E-state index is 0.0682. The number of nitriles is 1. The maximum Gasteiger partial charge on any atom is 0.268 e. The highest BCUT2D eigenvalue weighted by atomic mass is 35.5. The Balaban J connectivity index is 1.57. The van der Waals surface area contributed by atoms with Crippen LogP contribution in [0.3, 0.4) is 0 Å². The third kappa shape index (κ3) is 6.85. The number of carbonyl (C=O) groups excluding carboxylic acids is 1. The first-order valence-corrected chi connectivity index (χ1v) is 11.5. The summed E-state index contributed by atoms with van der Waals surface area (Å²) in [6, 6.07) is 12.6. The largest absolute Gasteiger partial charge is 0.493 e. The van der Waals surface area contributed by atoms with E-state index in [1.807, 2.05) is 30.3 Å². The fourth-order valence-corrected chi connectivity index (χ4v) is 3.68. The van der Waals surface area contributed by atoms with Crippen molar-refractivity contribution in [2.24, 2.45) is 0 Å². The van der Waals surface area contributed by atoms with E-state index in [0.717, 1.165) is 12.0 Å². The molecule has 0 aliphatic heterocycles. The van der Waals surface area contributed by atoms with Gasteiger partial charge in [-0.2, -0.15) is 5.26 Å². The van der Waals surface area contributed by atoms with Gasteiger partial charge in [-0.05, 0) is 47.9 Å². The smallest absolute Gasteiger partial charge is 0.268 e. The lowest BCUT2D eigenvalue weighted by Crippen LogP contribution is -2.13. The van der Waals surface area contributed by atoms with Crippen LogP contribution in [0.15, 0.2) is 66.2 Å². The van der Waals surface area contributed by atoms with Gasteiger partial charge in [-0.15, -0.1) is 17.9 Å². The molecule has 1 aromatic heterocycles. The molecule has 0 aliphatic carbocycles. The Morgan fingerprint density at radius 1 is 1.21 bits per heavy atom. The van der Waals surface area contributed by atoms with Crippen LogP contribution in [0.25, 0.3) is 6.08 Å². The van der Waals surface area contributed by atoms with E-state index in [-0.39, 0.29) is 18.8 Å². The minimum atomic E-state index is -0.543. The van der Waals surface area contributed by atoms with Crippen LogP contribution in [0.1, 0.15) is 11.1 Å². The van der Waals surface area contributed by atoms with Gasteiger partial charge in [-0.3, -0.25) is 10.1 Å². The molecular weight excluding hydrogens is 474 g/mol. The molecule has 9 heteroatoms. The summed E-state index contributed by atoms with van der Waals surface area (Å²) in [4.78, 5) is 16.2. The van der Waals surface area contributed by atoms with Crippen molar-refractivity contribution in [3.05, 3.63) is 82.4 Å². The molecule has 3 rings (SSSR count). The second-order valence-electron chi connectivity index (χ2n) is 6.83. The summed E-state index contributed by atoms with van der Waals surface area (Å²) in [5.41, 5.74) is 1.60. The lowest BCUT2D eigenvalue weighted by Gasteiger charge is -2.13. The topological polar surface area (TPSA) is 93.5 Å². The van der Waals surface area contributed by atoms with Crippen molar-refractivity contribution < 1.29 is 19.0 Å². The molecule has 1 amide bonds. The lowest BCUT2D eigenvalue weighted by atomic mass is 10.1. The number of halogens is 1. The summed E-state index contributed by atoms with van der Waals surface area (Å²) in [5.74, 6) is 1.17. The molecular formula is C25H22ClN3O4S. The number of thiazole rings is 1. The van der Waals surface area contributed by atoms with Crippen LogP contribution >= 0.6 is 22.9 Å². The van der Waals surface area contributed by atoms with E-state index in [1.165, 1.54) is 17.4 Å². The van der Waals surface area contributed by atoms with Crippen LogP contribution in [0, 0.1) is 11.3 Å². The molecule has 7 nitrogen and oxygen atoms in total. The summed E-state index contributed by atoms with van der Waals surface area (Å²) >= 11 is 7.59. The van der Waals surface area contributed by atoms with Gasteiger partial charge >= 0.3 is 0 Å². The molecule has 3 aromatic rings. The molecule has 2 aromatic carbocycles. The van der Waals surface area contributed by atoms with Crippen LogP contribution in [-0.4, -0.2) is 31.2 Å². The highest BCUT2D eigenvalue weighted by Gasteiger charge is 2.12. The number of rotatable bonds is 11. The van der Waals surface area contributed by atoms with E-state index in [0.29, 0.717) is 33.0 Å². The molecule has 0 bridgehead atoms. The average molecular weight is 496 g/mol. The molecule has 0 fully saturated rings. The number of benzene rings is 2. The molecule has 34 heavy (non-hydrogen) atoms. The monoisotopic (exact) mass is 495 g/mol. The number of ether oxygens (including phenoxy) is 3. The van der Waals surface area contributed by atoms with Crippen molar-refractivity contribution >= 4 is 40.1 Å². The zero-order valence-corrected chi connectivity index (χ0v) is 20.0. The maximum atomic E-state index is 12.3. The van der Waals surface area contributed by atoms with E-state index in [2.05, 4.69) is 16.9 Å². The standard InChI is InChI=1S/C25H22ClN3O4S/c1-3-4-17-5-8-22(23(15-17)31-2)33-11-10-32-21-7-6-18(14-20(21)26)13-19(16-27)24(30)29-25-28-9-12-34-25/h3,5-9,12-15H,1,4,10-11H2,2H3,(H,28,29,30). The van der Waals surface area contributed by atoms with Crippen molar-refractivity contribution in [2.45, 2.75) is 6.42 Å². The number of carbonyl (C=O) groups is 1. The second-order valence-corrected chi connectivity index (χ2v) is 8.13. The van der Waals surface area contributed by atoms with Crippen LogP contribution in [0.5, 0.6) is 17.2 Å². The fourth-order valence-electron chi connectivity index (χ4n) is 2.92. The Kier molecular flexibility index (Phi) is 9.09. The quantitative estimate of drug-likeness (QED) is 0.162. The SMILES string of the molecule is C=CCc1ccc(OCCOc2ccc(C=C(C#N)C(=O)Nc3nccs3)cc2Cl)c(OC)c1. The van der Waals surface area contributed by atoms with Crippen molar-refractivity contribution in [1.82, 2.24) is 4.98 Å². The van der Waals surface area contributed by atoms with Gasteiger partial charge in [0.05, 0.1) is 12.1 Å². The zero-order valence-electron chi connectivity index (χ0n) is 18.4. The number of anilines is 1.